The van der Waals surface area contributed by atoms with Gasteiger partial charge in [0.05, 0.1) is 0 Å². The molecule has 0 radical (unpaired) electrons. The van der Waals surface area contributed by atoms with E-state index in [2.05, 4.69) is 10.6 Å². The maximum absolute atomic E-state index is 12.1. The number of amides is 3. The summed E-state index contributed by atoms with van der Waals surface area (Å²) < 4.78 is 0. The van der Waals surface area contributed by atoms with Gasteiger partial charge >= 0.3 is 11.8 Å². The van der Waals surface area contributed by atoms with Crippen LogP contribution in [0.3, 0.4) is 0 Å². The van der Waals surface area contributed by atoms with Gasteiger partial charge in [-0.15, -0.1) is 0 Å². The van der Waals surface area contributed by atoms with Gasteiger partial charge in [-0.2, -0.15) is 0 Å². The van der Waals surface area contributed by atoms with E-state index in [1.54, 1.807) is 4.90 Å². The van der Waals surface area contributed by atoms with Crippen molar-refractivity contribution >= 4 is 17.7 Å². The van der Waals surface area contributed by atoms with E-state index in [0.29, 0.717) is 32.7 Å². The molecule has 2 saturated heterocycles. The molecule has 0 bridgehead atoms. The Kier molecular flexibility index (Phi) is 4.73. The van der Waals surface area contributed by atoms with E-state index in [-0.39, 0.29) is 12.3 Å². The Morgan fingerprint density at radius 1 is 0.895 bits per heavy atom. The lowest BCUT2D eigenvalue weighted by Crippen LogP contribution is -2.47. The molecule has 2 aliphatic rings. The van der Waals surface area contributed by atoms with E-state index >= 15 is 0 Å². The molecule has 2 rings (SSSR count). The first-order chi connectivity index (χ1) is 9.18. The van der Waals surface area contributed by atoms with E-state index in [0.717, 1.165) is 19.5 Å². The molecule has 106 valence electrons. The summed E-state index contributed by atoms with van der Waals surface area (Å²) >= 11 is 0. The predicted octanol–water partition coefficient (Wildman–Crippen LogP) is -1.84. The second kappa shape index (κ2) is 6.51. The van der Waals surface area contributed by atoms with Crippen LogP contribution in [0.25, 0.3) is 0 Å². The number of hydrogen-bond donors (Lipinski definition) is 2. The van der Waals surface area contributed by atoms with Crippen LogP contribution in [0.1, 0.15) is 12.8 Å². The van der Waals surface area contributed by atoms with Gasteiger partial charge in [0.2, 0.25) is 5.91 Å². The molecule has 2 fully saturated rings. The number of hydrogen-bond acceptors (Lipinski definition) is 4. The second-order valence-corrected chi connectivity index (χ2v) is 4.79. The second-order valence-electron chi connectivity index (χ2n) is 4.79. The van der Waals surface area contributed by atoms with Crippen molar-refractivity contribution in [3.63, 3.8) is 0 Å². The monoisotopic (exact) mass is 268 g/mol. The van der Waals surface area contributed by atoms with E-state index in [1.807, 2.05) is 0 Å². The number of nitrogens with zero attached hydrogens (tertiary/aromatic N) is 2. The Morgan fingerprint density at radius 3 is 2.37 bits per heavy atom. The van der Waals surface area contributed by atoms with Crippen LogP contribution in [0.15, 0.2) is 0 Å². The molecule has 0 aromatic carbocycles. The van der Waals surface area contributed by atoms with Gasteiger partial charge in [-0.05, 0) is 13.0 Å². The van der Waals surface area contributed by atoms with Gasteiger partial charge in [0.15, 0.2) is 0 Å². The molecule has 3 amide bonds. The standard InChI is InChI=1S/C12H20N4O3/c17-10-2-7-16(9-5-14-10)12(19)11(18)15-6-1-3-13-4-8-15/h13H,1-9H2,(H,14,17). The molecular weight excluding hydrogens is 248 g/mol. The third-order valence-electron chi connectivity index (χ3n) is 3.41. The van der Waals surface area contributed by atoms with Crippen LogP contribution in [0.5, 0.6) is 0 Å². The molecular formula is C12H20N4O3. The Balaban J connectivity index is 1.93. The average molecular weight is 268 g/mol. The van der Waals surface area contributed by atoms with Crippen LogP contribution in [-0.4, -0.2) is 73.3 Å². The third-order valence-corrected chi connectivity index (χ3v) is 3.41. The molecule has 2 N–H and O–H groups in total. The number of carbonyl (C=O) groups is 3. The molecule has 0 spiro atoms. The lowest BCUT2D eigenvalue weighted by Gasteiger charge is -2.24. The van der Waals surface area contributed by atoms with Crippen LogP contribution in [0, 0.1) is 0 Å². The van der Waals surface area contributed by atoms with Crippen molar-refractivity contribution in [2.45, 2.75) is 12.8 Å². The molecule has 2 aliphatic heterocycles. The number of carbonyl (C=O) groups excluding carboxylic acids is 3. The Hall–Kier alpha value is -1.63. The summed E-state index contributed by atoms with van der Waals surface area (Å²) in [6, 6.07) is 0. The fourth-order valence-electron chi connectivity index (χ4n) is 2.29. The van der Waals surface area contributed by atoms with Gasteiger partial charge in [-0.25, -0.2) is 0 Å². The maximum atomic E-state index is 12.1. The smallest absolute Gasteiger partial charge is 0.312 e. The van der Waals surface area contributed by atoms with Gasteiger partial charge in [-0.3, -0.25) is 14.4 Å². The fraction of sp³-hybridized carbons (Fsp3) is 0.750. The van der Waals surface area contributed by atoms with Gasteiger partial charge < -0.3 is 20.4 Å². The van der Waals surface area contributed by atoms with Gasteiger partial charge in [0.25, 0.3) is 0 Å². The summed E-state index contributed by atoms with van der Waals surface area (Å²) in [5.74, 6) is -1.00. The first-order valence-corrected chi connectivity index (χ1v) is 6.74. The van der Waals surface area contributed by atoms with Crippen molar-refractivity contribution < 1.29 is 14.4 Å². The highest BCUT2D eigenvalue weighted by Crippen LogP contribution is 2.03. The molecule has 0 saturated carbocycles. The van der Waals surface area contributed by atoms with Crippen LogP contribution in [-0.2, 0) is 14.4 Å². The van der Waals surface area contributed by atoms with E-state index in [1.165, 1.54) is 4.90 Å². The number of rotatable bonds is 0. The molecule has 0 aromatic rings. The maximum Gasteiger partial charge on any atom is 0.312 e. The minimum atomic E-state index is -0.488. The largest absolute Gasteiger partial charge is 0.354 e. The molecule has 7 nitrogen and oxygen atoms in total. The fourth-order valence-corrected chi connectivity index (χ4v) is 2.29. The molecule has 7 heteroatoms. The molecule has 0 aromatic heterocycles. The number of nitrogens with one attached hydrogen (secondary N) is 2. The SMILES string of the molecule is O=C1CCN(C(=O)C(=O)N2CCCNCC2)CCN1. The zero-order valence-electron chi connectivity index (χ0n) is 11.0. The van der Waals surface area contributed by atoms with Crippen molar-refractivity contribution in [2.24, 2.45) is 0 Å². The van der Waals surface area contributed by atoms with Crippen molar-refractivity contribution in [3.05, 3.63) is 0 Å². The molecule has 0 atom stereocenters. The summed E-state index contributed by atoms with van der Waals surface area (Å²) in [5.41, 5.74) is 0. The van der Waals surface area contributed by atoms with Crippen molar-refractivity contribution in [1.82, 2.24) is 20.4 Å². The van der Waals surface area contributed by atoms with E-state index in [4.69, 9.17) is 0 Å². The van der Waals surface area contributed by atoms with E-state index in [9.17, 15) is 14.4 Å². The summed E-state index contributed by atoms with van der Waals surface area (Å²) in [7, 11) is 0. The summed E-state index contributed by atoms with van der Waals surface area (Å²) in [6.45, 7) is 3.92. The summed E-state index contributed by atoms with van der Waals surface area (Å²) in [6.07, 6.45) is 1.12. The quantitative estimate of drug-likeness (QED) is 0.506. The minimum absolute atomic E-state index is 0.0679. The van der Waals surface area contributed by atoms with Crippen LogP contribution in [0.4, 0.5) is 0 Å². The van der Waals surface area contributed by atoms with E-state index < -0.39 is 11.8 Å². The van der Waals surface area contributed by atoms with Gasteiger partial charge in [0.1, 0.15) is 0 Å². The lowest BCUT2D eigenvalue weighted by molar-refractivity contribution is -0.151. The van der Waals surface area contributed by atoms with Crippen molar-refractivity contribution in [3.8, 4) is 0 Å². The highest BCUT2D eigenvalue weighted by molar-refractivity contribution is 6.34. The van der Waals surface area contributed by atoms with Crippen molar-refractivity contribution in [2.75, 3.05) is 45.8 Å². The van der Waals surface area contributed by atoms with Crippen LogP contribution < -0.4 is 10.6 Å². The van der Waals surface area contributed by atoms with Crippen LogP contribution >= 0.6 is 0 Å². The Labute approximate surface area is 112 Å². The summed E-state index contributed by atoms with van der Waals surface area (Å²) in [5, 5.41) is 5.88. The highest BCUT2D eigenvalue weighted by Gasteiger charge is 2.28. The summed E-state index contributed by atoms with van der Waals surface area (Å²) in [4.78, 5) is 38.6. The van der Waals surface area contributed by atoms with Crippen molar-refractivity contribution in [1.29, 1.82) is 0 Å². The molecule has 0 unspecified atom stereocenters. The zero-order chi connectivity index (χ0) is 13.7. The molecule has 0 aliphatic carbocycles. The normalized spacial score (nSPS) is 21.4. The first-order valence-electron chi connectivity index (χ1n) is 6.74. The Bertz CT molecular complexity index is 364. The van der Waals surface area contributed by atoms with Gasteiger partial charge in [0, 0.05) is 45.7 Å². The topological polar surface area (TPSA) is 81.8 Å². The van der Waals surface area contributed by atoms with Crippen LogP contribution in [0.2, 0.25) is 0 Å². The molecule has 2 heterocycles. The highest BCUT2D eigenvalue weighted by atomic mass is 16.2. The zero-order valence-corrected chi connectivity index (χ0v) is 11.0. The first kappa shape index (κ1) is 13.8. The predicted molar refractivity (Wildman–Crippen MR) is 68.3 cm³/mol. The third kappa shape index (κ3) is 3.66. The lowest BCUT2D eigenvalue weighted by atomic mass is 10.3. The minimum Gasteiger partial charge on any atom is -0.354 e. The Morgan fingerprint density at radius 2 is 1.58 bits per heavy atom. The van der Waals surface area contributed by atoms with Gasteiger partial charge in [-0.1, -0.05) is 0 Å². The molecule has 19 heavy (non-hydrogen) atoms. The average Bonchev–Trinajstić information content (AvgIpc) is 2.79.